The summed E-state index contributed by atoms with van der Waals surface area (Å²) in [4.78, 5) is 4.48. The van der Waals surface area contributed by atoms with Gasteiger partial charge in [0.25, 0.3) is 0 Å². The molecule has 1 N–H and O–H groups in total. The molecule has 19 heavy (non-hydrogen) atoms. The van der Waals surface area contributed by atoms with Gasteiger partial charge in [0.2, 0.25) is 0 Å². The molecule has 2 heterocycles. The van der Waals surface area contributed by atoms with Gasteiger partial charge in [-0.1, -0.05) is 24.8 Å². The molecule has 0 bridgehead atoms. The van der Waals surface area contributed by atoms with E-state index in [4.69, 9.17) is 0 Å². The quantitative estimate of drug-likeness (QED) is 0.824. The van der Waals surface area contributed by atoms with Crippen molar-refractivity contribution >= 4 is 11.8 Å². The fourth-order valence-corrected chi connectivity index (χ4v) is 2.63. The molecule has 102 valence electrons. The molecule has 0 spiro atoms. The van der Waals surface area contributed by atoms with Crippen LogP contribution in [0.15, 0.2) is 34.4 Å². The van der Waals surface area contributed by atoms with Gasteiger partial charge in [-0.05, 0) is 37.6 Å². The Hall–Kier alpha value is -1.33. The van der Waals surface area contributed by atoms with Gasteiger partial charge in [-0.3, -0.25) is 4.68 Å². The Morgan fingerprint density at radius 3 is 2.79 bits per heavy atom. The minimum atomic E-state index is 0.886. The summed E-state index contributed by atoms with van der Waals surface area (Å²) in [7, 11) is 1.96. The highest BCUT2D eigenvalue weighted by Crippen LogP contribution is 2.25. The number of nitrogens with one attached hydrogen (secondary N) is 1. The molecule has 0 saturated heterocycles. The minimum Gasteiger partial charge on any atom is -0.313 e. The Kier molecular flexibility index (Phi) is 4.99. The first-order valence-electron chi connectivity index (χ1n) is 6.53. The number of aromatic nitrogens is 3. The van der Waals surface area contributed by atoms with Crippen molar-refractivity contribution in [2.24, 2.45) is 7.05 Å². The molecular weight excluding hydrogens is 256 g/mol. The Bertz CT molecular complexity index is 519. The van der Waals surface area contributed by atoms with E-state index in [1.54, 1.807) is 11.8 Å². The first-order chi connectivity index (χ1) is 9.19. The zero-order chi connectivity index (χ0) is 13.7. The Morgan fingerprint density at radius 1 is 1.37 bits per heavy atom. The first-order valence-corrected chi connectivity index (χ1v) is 7.35. The molecule has 0 fully saturated rings. The molecule has 5 heteroatoms. The second-order valence-electron chi connectivity index (χ2n) is 4.53. The summed E-state index contributed by atoms with van der Waals surface area (Å²) in [5, 5.41) is 9.82. The van der Waals surface area contributed by atoms with E-state index in [1.807, 2.05) is 24.9 Å². The highest BCUT2D eigenvalue weighted by Gasteiger charge is 2.05. The van der Waals surface area contributed by atoms with Crippen molar-refractivity contribution in [3.05, 3.63) is 35.7 Å². The van der Waals surface area contributed by atoms with Crippen molar-refractivity contribution in [1.29, 1.82) is 0 Å². The van der Waals surface area contributed by atoms with Crippen molar-refractivity contribution in [2.75, 3.05) is 6.54 Å². The van der Waals surface area contributed by atoms with Gasteiger partial charge in [-0.25, -0.2) is 4.98 Å². The molecule has 2 aromatic rings. The Balaban J connectivity index is 1.96. The third-order valence-corrected chi connectivity index (χ3v) is 3.76. The van der Waals surface area contributed by atoms with E-state index >= 15 is 0 Å². The number of aryl methyl sites for hydroxylation is 2. The van der Waals surface area contributed by atoms with Crippen molar-refractivity contribution in [3.8, 4) is 0 Å². The highest BCUT2D eigenvalue weighted by atomic mass is 32.2. The lowest BCUT2D eigenvalue weighted by molar-refractivity contribution is 0.673. The first kappa shape index (κ1) is 14.1. The second-order valence-corrected chi connectivity index (χ2v) is 5.57. The van der Waals surface area contributed by atoms with Gasteiger partial charge >= 0.3 is 0 Å². The average Bonchev–Trinajstić information content (AvgIpc) is 2.70. The minimum absolute atomic E-state index is 0.886. The van der Waals surface area contributed by atoms with Crippen LogP contribution in [-0.4, -0.2) is 21.3 Å². The monoisotopic (exact) mass is 276 g/mol. The molecular formula is C14H20N4S. The Morgan fingerprint density at radius 2 is 2.21 bits per heavy atom. The molecule has 4 nitrogen and oxygen atoms in total. The molecule has 0 aliphatic rings. The normalized spacial score (nSPS) is 10.9. The van der Waals surface area contributed by atoms with Crippen LogP contribution in [0, 0.1) is 6.92 Å². The van der Waals surface area contributed by atoms with E-state index in [2.05, 4.69) is 40.5 Å². The largest absolute Gasteiger partial charge is 0.313 e. The lowest BCUT2D eigenvalue weighted by Gasteiger charge is -2.04. The lowest BCUT2D eigenvalue weighted by Crippen LogP contribution is -2.13. The van der Waals surface area contributed by atoms with Gasteiger partial charge in [-0.2, -0.15) is 5.10 Å². The van der Waals surface area contributed by atoms with Crippen LogP contribution < -0.4 is 5.32 Å². The van der Waals surface area contributed by atoms with E-state index in [-0.39, 0.29) is 0 Å². The van der Waals surface area contributed by atoms with Crippen LogP contribution in [0.5, 0.6) is 0 Å². The van der Waals surface area contributed by atoms with Crippen LogP contribution in [0.4, 0.5) is 0 Å². The SMILES string of the molecule is CCCNCc1ccc(Sc2cc(C)nn2C)nc1. The van der Waals surface area contributed by atoms with E-state index in [1.165, 1.54) is 5.56 Å². The predicted molar refractivity (Wildman–Crippen MR) is 78.3 cm³/mol. The molecule has 2 aromatic heterocycles. The van der Waals surface area contributed by atoms with Crippen LogP contribution in [-0.2, 0) is 13.6 Å². The van der Waals surface area contributed by atoms with E-state index in [0.29, 0.717) is 0 Å². The number of nitrogens with zero attached hydrogens (tertiary/aromatic N) is 3. The molecule has 0 amide bonds. The predicted octanol–water partition coefficient (Wildman–Crippen LogP) is 2.77. The summed E-state index contributed by atoms with van der Waals surface area (Å²) >= 11 is 1.64. The summed E-state index contributed by atoms with van der Waals surface area (Å²) < 4.78 is 1.89. The van der Waals surface area contributed by atoms with E-state index in [0.717, 1.165) is 35.3 Å². The van der Waals surface area contributed by atoms with Crippen LogP contribution in [0.3, 0.4) is 0 Å². The molecule has 0 aromatic carbocycles. The van der Waals surface area contributed by atoms with E-state index in [9.17, 15) is 0 Å². The number of pyridine rings is 1. The van der Waals surface area contributed by atoms with Crippen LogP contribution in [0.1, 0.15) is 24.6 Å². The summed E-state index contributed by atoms with van der Waals surface area (Å²) in [6.45, 7) is 6.10. The van der Waals surface area contributed by atoms with Crippen LogP contribution >= 0.6 is 11.8 Å². The third-order valence-electron chi connectivity index (χ3n) is 2.72. The summed E-state index contributed by atoms with van der Waals surface area (Å²) in [6.07, 6.45) is 3.09. The number of hydrogen-bond acceptors (Lipinski definition) is 4. The highest BCUT2D eigenvalue weighted by molar-refractivity contribution is 7.99. The molecule has 0 radical (unpaired) electrons. The molecule has 0 aliphatic heterocycles. The van der Waals surface area contributed by atoms with Gasteiger partial charge in [0, 0.05) is 19.8 Å². The maximum absolute atomic E-state index is 4.48. The van der Waals surface area contributed by atoms with Crippen LogP contribution in [0.2, 0.25) is 0 Å². The summed E-state index contributed by atoms with van der Waals surface area (Å²) in [5.41, 5.74) is 2.25. The van der Waals surface area contributed by atoms with Gasteiger partial charge in [0.1, 0.15) is 10.1 Å². The zero-order valence-corrected chi connectivity index (χ0v) is 12.5. The van der Waals surface area contributed by atoms with Crippen LogP contribution in [0.25, 0.3) is 0 Å². The van der Waals surface area contributed by atoms with Gasteiger partial charge in [0.15, 0.2) is 0 Å². The lowest BCUT2D eigenvalue weighted by atomic mass is 10.3. The topological polar surface area (TPSA) is 42.7 Å². The third kappa shape index (κ3) is 4.08. The van der Waals surface area contributed by atoms with Crippen molar-refractivity contribution < 1.29 is 0 Å². The van der Waals surface area contributed by atoms with Gasteiger partial charge in [0.05, 0.1) is 5.69 Å². The van der Waals surface area contributed by atoms with Crippen molar-refractivity contribution in [2.45, 2.75) is 36.9 Å². The molecule has 0 saturated carbocycles. The fraction of sp³-hybridized carbons (Fsp3) is 0.429. The summed E-state index contributed by atoms with van der Waals surface area (Å²) in [6, 6.07) is 6.26. The number of hydrogen-bond donors (Lipinski definition) is 1. The maximum Gasteiger partial charge on any atom is 0.102 e. The van der Waals surface area contributed by atoms with Crippen molar-refractivity contribution in [1.82, 2.24) is 20.1 Å². The van der Waals surface area contributed by atoms with E-state index < -0.39 is 0 Å². The zero-order valence-electron chi connectivity index (χ0n) is 11.7. The molecule has 0 aliphatic carbocycles. The smallest absolute Gasteiger partial charge is 0.102 e. The molecule has 2 rings (SSSR count). The van der Waals surface area contributed by atoms with Gasteiger partial charge < -0.3 is 5.32 Å². The second kappa shape index (κ2) is 6.73. The fourth-order valence-electron chi connectivity index (χ4n) is 1.77. The van der Waals surface area contributed by atoms with Gasteiger partial charge in [-0.15, -0.1) is 0 Å². The standard InChI is InChI=1S/C14H20N4S/c1-4-7-15-9-12-5-6-13(16-10-12)19-14-8-11(2)17-18(14)3/h5-6,8,10,15H,4,7,9H2,1-3H3. The Labute approximate surface area is 118 Å². The molecule has 0 atom stereocenters. The average molecular weight is 276 g/mol. The number of rotatable bonds is 6. The maximum atomic E-state index is 4.48. The molecule has 0 unspecified atom stereocenters. The summed E-state index contributed by atoms with van der Waals surface area (Å²) in [5.74, 6) is 0. The van der Waals surface area contributed by atoms with Crippen molar-refractivity contribution in [3.63, 3.8) is 0 Å².